The van der Waals surface area contributed by atoms with Crippen LogP contribution in [0.1, 0.15) is 0 Å². The fourth-order valence-corrected chi connectivity index (χ4v) is 2.59. The smallest absolute Gasteiger partial charge is 0.218 e. The zero-order valence-electron chi connectivity index (χ0n) is 12.9. The number of aliphatic hydroxyl groups is 7. The lowest BCUT2D eigenvalue weighted by Gasteiger charge is -2.44. The molecule has 0 unspecified atom stereocenters. The highest BCUT2D eigenvalue weighted by molar-refractivity contribution is 4.95. The molecule has 2 saturated heterocycles. The molecule has 0 aromatic carbocycles. The molecule has 0 spiro atoms. The molecule has 7 N–H and O–H groups in total. The number of ether oxygens (including phenoxy) is 3. The van der Waals surface area contributed by atoms with Gasteiger partial charge < -0.3 is 50.0 Å². The molecule has 25 heavy (non-hydrogen) atoms. The summed E-state index contributed by atoms with van der Waals surface area (Å²) in [7, 11) is 0. The molecular weight excluding hydrogens is 346 g/mol. The van der Waals surface area contributed by atoms with Crippen molar-refractivity contribution in [2.75, 3.05) is 19.8 Å². The summed E-state index contributed by atoms with van der Waals surface area (Å²) >= 11 is 0. The summed E-state index contributed by atoms with van der Waals surface area (Å²) in [6, 6.07) is -1.12. The minimum absolute atomic E-state index is 0.406. The van der Waals surface area contributed by atoms with Gasteiger partial charge in [-0.2, -0.15) is 0 Å². The van der Waals surface area contributed by atoms with Crippen molar-refractivity contribution in [3.8, 4) is 0 Å². The van der Waals surface area contributed by atoms with Crippen LogP contribution in [0.15, 0.2) is 5.11 Å². The van der Waals surface area contributed by atoms with Crippen LogP contribution in [0.5, 0.6) is 0 Å². The number of hydrogen-bond acceptors (Lipinski definition) is 11. The monoisotopic (exact) mass is 367 g/mol. The van der Waals surface area contributed by atoms with Crippen LogP contribution < -0.4 is 0 Å². The lowest BCUT2D eigenvalue weighted by Crippen LogP contribution is -2.64. The van der Waals surface area contributed by atoms with Gasteiger partial charge in [-0.05, 0) is 5.53 Å². The molecule has 0 aromatic rings. The fourth-order valence-electron chi connectivity index (χ4n) is 2.59. The summed E-state index contributed by atoms with van der Waals surface area (Å²) in [6.45, 7) is -1.87. The molecule has 2 aliphatic rings. The SMILES string of the molecule is [N-]=[N+]=N[C@@H]1CO[C@](O)(CO[C@H]2O[C@H](CO)[C@@H](O)[C@H](O)[C@H]2O)[C@@H](O)[C@@H]1O. The molecule has 0 saturated carbocycles. The second-order valence-corrected chi connectivity index (χ2v) is 5.87. The summed E-state index contributed by atoms with van der Waals surface area (Å²) in [5, 5.41) is 71.5. The van der Waals surface area contributed by atoms with Gasteiger partial charge in [0.15, 0.2) is 6.29 Å². The third-order valence-corrected chi connectivity index (χ3v) is 4.19. The second-order valence-electron chi connectivity index (χ2n) is 5.87. The summed E-state index contributed by atoms with van der Waals surface area (Å²) in [4.78, 5) is 2.49. The minimum Gasteiger partial charge on any atom is -0.394 e. The van der Waals surface area contributed by atoms with Gasteiger partial charge in [0.25, 0.3) is 0 Å². The lowest BCUT2D eigenvalue weighted by molar-refractivity contribution is -0.356. The largest absolute Gasteiger partial charge is 0.394 e. The Bertz CT molecular complexity index is 504. The first-order valence-electron chi connectivity index (χ1n) is 7.44. The molecule has 0 radical (unpaired) electrons. The quantitative estimate of drug-likeness (QED) is 0.141. The third kappa shape index (κ3) is 4.02. The topological polar surface area (TPSA) is 218 Å². The van der Waals surface area contributed by atoms with Crippen molar-refractivity contribution in [3.05, 3.63) is 10.4 Å². The molecule has 2 rings (SSSR count). The van der Waals surface area contributed by atoms with E-state index in [-0.39, 0.29) is 0 Å². The molecule has 0 aromatic heterocycles. The Morgan fingerprint density at radius 2 is 1.80 bits per heavy atom. The maximum absolute atomic E-state index is 10.3. The Hall–Kier alpha value is -1.09. The van der Waals surface area contributed by atoms with E-state index in [1.165, 1.54) is 0 Å². The molecule has 13 nitrogen and oxygen atoms in total. The fraction of sp³-hybridized carbons (Fsp3) is 1.00. The second kappa shape index (κ2) is 8.07. The van der Waals surface area contributed by atoms with E-state index >= 15 is 0 Å². The number of rotatable bonds is 5. The van der Waals surface area contributed by atoms with E-state index in [1.54, 1.807) is 0 Å². The molecule has 2 heterocycles. The van der Waals surface area contributed by atoms with Crippen molar-refractivity contribution in [1.82, 2.24) is 0 Å². The third-order valence-electron chi connectivity index (χ3n) is 4.19. The average molecular weight is 367 g/mol. The highest BCUT2D eigenvalue weighted by atomic mass is 16.7. The highest BCUT2D eigenvalue weighted by Crippen LogP contribution is 2.28. The number of azide groups is 1. The van der Waals surface area contributed by atoms with Crippen molar-refractivity contribution in [2.45, 2.75) is 54.7 Å². The molecule has 2 fully saturated rings. The minimum atomic E-state index is -2.40. The van der Waals surface area contributed by atoms with Crippen LogP contribution in [0.4, 0.5) is 0 Å². The van der Waals surface area contributed by atoms with E-state index in [0.717, 1.165) is 0 Å². The molecule has 0 amide bonds. The summed E-state index contributed by atoms with van der Waals surface area (Å²) in [5.74, 6) is -2.40. The van der Waals surface area contributed by atoms with Crippen LogP contribution in [-0.2, 0) is 14.2 Å². The molecule has 144 valence electrons. The van der Waals surface area contributed by atoms with Crippen molar-refractivity contribution < 1.29 is 50.0 Å². The van der Waals surface area contributed by atoms with Gasteiger partial charge in [0.2, 0.25) is 5.79 Å². The van der Waals surface area contributed by atoms with Crippen molar-refractivity contribution in [2.24, 2.45) is 5.11 Å². The van der Waals surface area contributed by atoms with E-state index in [2.05, 4.69) is 10.0 Å². The Labute approximate surface area is 141 Å². The highest BCUT2D eigenvalue weighted by Gasteiger charge is 2.51. The first-order valence-corrected chi connectivity index (χ1v) is 7.44. The van der Waals surface area contributed by atoms with Crippen molar-refractivity contribution in [3.63, 3.8) is 0 Å². The predicted molar refractivity (Wildman–Crippen MR) is 75.6 cm³/mol. The van der Waals surface area contributed by atoms with Gasteiger partial charge in [-0.1, -0.05) is 5.11 Å². The van der Waals surface area contributed by atoms with Crippen LogP contribution in [0.3, 0.4) is 0 Å². The van der Waals surface area contributed by atoms with Gasteiger partial charge in [-0.3, -0.25) is 0 Å². The normalized spacial score (nSPS) is 48.0. The zero-order valence-corrected chi connectivity index (χ0v) is 12.9. The molecular formula is C12H21N3O10. The molecule has 9 atom stereocenters. The molecule has 0 aliphatic carbocycles. The van der Waals surface area contributed by atoms with Gasteiger partial charge >= 0.3 is 0 Å². The first kappa shape index (κ1) is 20.2. The van der Waals surface area contributed by atoms with Crippen molar-refractivity contribution in [1.29, 1.82) is 0 Å². The van der Waals surface area contributed by atoms with Crippen LogP contribution in [0, 0.1) is 0 Å². The number of nitrogens with zero attached hydrogens (tertiary/aromatic N) is 3. The van der Waals surface area contributed by atoms with Gasteiger partial charge in [0.05, 0.1) is 25.4 Å². The molecule has 13 heteroatoms. The molecule has 0 bridgehead atoms. The Balaban J connectivity index is 2.01. The van der Waals surface area contributed by atoms with Crippen LogP contribution >= 0.6 is 0 Å². The Morgan fingerprint density at radius 1 is 1.12 bits per heavy atom. The summed E-state index contributed by atoms with van der Waals surface area (Å²) < 4.78 is 15.2. The Morgan fingerprint density at radius 3 is 2.40 bits per heavy atom. The van der Waals surface area contributed by atoms with Gasteiger partial charge in [0, 0.05) is 4.91 Å². The van der Waals surface area contributed by atoms with E-state index in [4.69, 9.17) is 24.8 Å². The first-order chi connectivity index (χ1) is 11.7. The molecule has 2 aliphatic heterocycles. The summed E-state index contributed by atoms with van der Waals surface area (Å²) in [5.41, 5.74) is 8.36. The van der Waals surface area contributed by atoms with Crippen LogP contribution in [-0.4, -0.2) is 110 Å². The van der Waals surface area contributed by atoms with E-state index in [9.17, 15) is 30.6 Å². The number of aliphatic hydroxyl groups excluding tert-OH is 6. The summed E-state index contributed by atoms with van der Waals surface area (Å²) in [6.07, 6.45) is -11.3. The van der Waals surface area contributed by atoms with Crippen molar-refractivity contribution >= 4 is 0 Å². The maximum atomic E-state index is 10.3. The van der Waals surface area contributed by atoms with Gasteiger partial charge in [-0.15, -0.1) is 0 Å². The van der Waals surface area contributed by atoms with Gasteiger partial charge in [-0.25, -0.2) is 0 Å². The van der Waals surface area contributed by atoms with Crippen LogP contribution in [0.25, 0.3) is 10.4 Å². The number of hydrogen-bond donors (Lipinski definition) is 7. The lowest BCUT2D eigenvalue weighted by atomic mass is 9.96. The maximum Gasteiger partial charge on any atom is 0.218 e. The van der Waals surface area contributed by atoms with Gasteiger partial charge in [0.1, 0.15) is 37.1 Å². The Kier molecular flexibility index (Phi) is 6.53. The van der Waals surface area contributed by atoms with Crippen LogP contribution in [0.2, 0.25) is 0 Å². The van der Waals surface area contributed by atoms with E-state index in [0.29, 0.717) is 0 Å². The van der Waals surface area contributed by atoms with E-state index < -0.39 is 74.6 Å². The predicted octanol–water partition coefficient (Wildman–Crippen LogP) is -4.08. The standard InChI is InChI=1S/C12H21N3O10/c13-15-14-4-2-24-12(22,10(21)6(4)17)3-23-11-9(20)8(19)7(18)5(1-16)25-11/h4-11,16-22H,1-3H2/t4-,5-,6-,7-,8+,9-,10+,11+,12-/m1/s1. The zero-order chi connectivity index (χ0) is 18.8. The average Bonchev–Trinajstić information content (AvgIpc) is 2.60. The van der Waals surface area contributed by atoms with E-state index in [1.807, 2.05) is 0 Å².